The fourth-order valence-corrected chi connectivity index (χ4v) is 5.21. The van der Waals surface area contributed by atoms with Gasteiger partial charge in [-0.05, 0) is 56.4 Å². The topological polar surface area (TPSA) is 146 Å². The number of halogens is 5. The summed E-state index contributed by atoms with van der Waals surface area (Å²) in [6.07, 6.45) is -0.394. The Kier molecular flexibility index (Phi) is 9.43. The highest BCUT2D eigenvalue weighted by Crippen LogP contribution is 2.32. The van der Waals surface area contributed by atoms with Crippen LogP contribution in [0.4, 0.5) is 22.0 Å². The maximum Gasteiger partial charge on any atom is 0.329 e. The predicted molar refractivity (Wildman–Crippen MR) is 123 cm³/mol. The molecule has 5 N–H and O–H groups in total. The smallest absolute Gasteiger partial charge is 0.329 e. The van der Waals surface area contributed by atoms with Crippen molar-refractivity contribution < 1.29 is 44.6 Å². The molecule has 0 saturated carbocycles. The highest BCUT2D eigenvalue weighted by Gasteiger charge is 2.33. The molecule has 2 rings (SSSR count). The van der Waals surface area contributed by atoms with Crippen LogP contribution >= 0.6 is 0 Å². The van der Waals surface area contributed by atoms with E-state index in [1.54, 1.807) is 6.92 Å². The van der Waals surface area contributed by atoms with Crippen LogP contribution in [0.25, 0.3) is 0 Å². The van der Waals surface area contributed by atoms with Crippen LogP contribution in [0.1, 0.15) is 29.5 Å². The first kappa shape index (κ1) is 29.8. The second kappa shape index (κ2) is 11.7. The molecule has 0 aliphatic rings. The number of benzene rings is 2. The SMILES string of the molecule is COc1cc(C)c(S(=O)(=O)N[C@@H](CCCN=C(N)N)C(=O)Oc2c(F)c(F)c(F)c(F)c2F)c(C)c1C. The van der Waals surface area contributed by atoms with Crippen molar-refractivity contribution >= 4 is 22.0 Å². The molecule has 15 heteroatoms. The molecule has 9 nitrogen and oxygen atoms in total. The van der Waals surface area contributed by atoms with Gasteiger partial charge in [-0.15, -0.1) is 0 Å². The average molecular weight is 553 g/mol. The number of sulfonamides is 1. The van der Waals surface area contributed by atoms with Gasteiger partial charge in [-0.1, -0.05) is 0 Å². The molecule has 0 aliphatic carbocycles. The molecule has 0 bridgehead atoms. The van der Waals surface area contributed by atoms with Crippen molar-refractivity contribution in [2.75, 3.05) is 13.7 Å². The van der Waals surface area contributed by atoms with Crippen LogP contribution < -0.4 is 25.7 Å². The zero-order valence-corrected chi connectivity index (χ0v) is 21.0. The number of esters is 1. The number of nitrogens with zero attached hydrogens (tertiary/aromatic N) is 1. The number of nitrogens with two attached hydrogens (primary N) is 2. The lowest BCUT2D eigenvalue weighted by Gasteiger charge is -2.21. The fraction of sp³-hybridized carbons (Fsp3) is 0.364. The number of aryl methyl sites for hydroxylation is 1. The summed E-state index contributed by atoms with van der Waals surface area (Å²) in [5.74, 6) is -15.3. The van der Waals surface area contributed by atoms with Gasteiger partial charge in [-0.25, -0.2) is 26.4 Å². The van der Waals surface area contributed by atoms with Crippen molar-refractivity contribution in [1.29, 1.82) is 0 Å². The maximum absolute atomic E-state index is 14.1. The fourth-order valence-electron chi connectivity index (χ4n) is 3.47. The van der Waals surface area contributed by atoms with Gasteiger partial charge in [0, 0.05) is 6.54 Å². The Balaban J connectivity index is 2.48. The average Bonchev–Trinajstić information content (AvgIpc) is 2.82. The molecule has 0 aromatic heterocycles. The van der Waals surface area contributed by atoms with E-state index in [-0.39, 0.29) is 41.4 Å². The van der Waals surface area contributed by atoms with Crippen LogP contribution in [-0.4, -0.2) is 40.0 Å². The Morgan fingerprint density at radius 1 is 1.00 bits per heavy atom. The van der Waals surface area contributed by atoms with Crippen molar-refractivity contribution in [3.8, 4) is 11.5 Å². The number of rotatable bonds is 10. The van der Waals surface area contributed by atoms with Crippen molar-refractivity contribution in [3.63, 3.8) is 0 Å². The molecular weight excluding hydrogens is 527 g/mol. The summed E-state index contributed by atoms with van der Waals surface area (Å²) in [4.78, 5) is 16.3. The number of carbonyl (C=O) groups excluding carboxylic acids is 1. The van der Waals surface area contributed by atoms with Crippen molar-refractivity contribution in [2.45, 2.75) is 44.6 Å². The molecule has 0 aliphatic heterocycles. The van der Waals surface area contributed by atoms with Crippen LogP contribution in [0.5, 0.6) is 11.5 Å². The molecule has 1 atom stereocenters. The van der Waals surface area contributed by atoms with Gasteiger partial charge in [-0.3, -0.25) is 4.99 Å². The number of carbonyl (C=O) groups is 1. The maximum atomic E-state index is 14.1. The molecule has 204 valence electrons. The number of guanidine groups is 1. The Morgan fingerprint density at radius 3 is 2.05 bits per heavy atom. The summed E-state index contributed by atoms with van der Waals surface area (Å²) >= 11 is 0. The minimum Gasteiger partial charge on any atom is -0.496 e. The van der Waals surface area contributed by atoms with E-state index in [1.807, 2.05) is 0 Å². The second-order valence-electron chi connectivity index (χ2n) is 7.92. The van der Waals surface area contributed by atoms with Crippen molar-refractivity contribution in [1.82, 2.24) is 4.72 Å². The van der Waals surface area contributed by atoms with Crippen LogP contribution in [0.3, 0.4) is 0 Å². The summed E-state index contributed by atoms with van der Waals surface area (Å²) < 4.78 is 107. The Morgan fingerprint density at radius 2 is 1.54 bits per heavy atom. The molecule has 37 heavy (non-hydrogen) atoms. The van der Waals surface area contributed by atoms with Gasteiger partial charge in [-0.2, -0.15) is 13.5 Å². The highest BCUT2D eigenvalue weighted by atomic mass is 32.2. The molecule has 2 aromatic rings. The third kappa shape index (κ3) is 6.46. The molecule has 0 unspecified atom stereocenters. The summed E-state index contributed by atoms with van der Waals surface area (Å²) in [5, 5.41) is 0. The number of hydrogen-bond acceptors (Lipinski definition) is 6. The molecule has 0 spiro atoms. The molecule has 0 amide bonds. The number of ether oxygens (including phenoxy) is 2. The van der Waals surface area contributed by atoms with Crippen LogP contribution in [0.15, 0.2) is 16.0 Å². The number of hydrogen-bond donors (Lipinski definition) is 3. The van der Waals surface area contributed by atoms with E-state index in [9.17, 15) is 35.2 Å². The minimum atomic E-state index is -4.49. The Bertz CT molecular complexity index is 1320. The summed E-state index contributed by atoms with van der Waals surface area (Å²) in [6, 6.07) is -0.368. The highest BCUT2D eigenvalue weighted by molar-refractivity contribution is 7.89. The minimum absolute atomic E-state index is 0.0309. The standard InChI is InChI=1S/C22H25F5N4O5S/c1-9-8-13(35-4)10(2)11(3)20(9)37(33,34)31-12(6-5-7-30-22(28)29)21(32)36-19-17(26)15(24)14(23)16(25)18(19)27/h8,12,31H,5-7H2,1-4H3,(H4,28,29,30)/t12-/m0/s1. The van der Waals surface area contributed by atoms with E-state index in [4.69, 9.17) is 16.2 Å². The van der Waals surface area contributed by atoms with Gasteiger partial charge in [0.25, 0.3) is 0 Å². The third-order valence-electron chi connectivity index (χ3n) is 5.37. The van der Waals surface area contributed by atoms with Crippen LogP contribution in [0, 0.1) is 49.9 Å². The second-order valence-corrected chi connectivity index (χ2v) is 9.57. The van der Waals surface area contributed by atoms with Gasteiger partial charge in [0.05, 0.1) is 12.0 Å². The van der Waals surface area contributed by atoms with E-state index < -0.39 is 56.9 Å². The van der Waals surface area contributed by atoms with E-state index in [2.05, 4.69) is 14.5 Å². The zero-order valence-electron chi connectivity index (χ0n) is 20.2. The Labute approximate surface area is 209 Å². The summed E-state index contributed by atoms with van der Waals surface area (Å²) in [7, 11) is -3.09. The van der Waals surface area contributed by atoms with Crippen LogP contribution in [0.2, 0.25) is 0 Å². The first-order valence-corrected chi connectivity index (χ1v) is 12.1. The quantitative estimate of drug-likeness (QED) is 0.0600. The molecule has 0 saturated heterocycles. The van der Waals surface area contributed by atoms with Gasteiger partial charge in [0.2, 0.25) is 44.9 Å². The molecule has 0 heterocycles. The number of nitrogens with one attached hydrogen (secondary N) is 1. The summed E-state index contributed by atoms with van der Waals surface area (Å²) in [5.41, 5.74) is 11.5. The molecule has 2 aromatic carbocycles. The van der Waals surface area contributed by atoms with E-state index in [0.717, 1.165) is 0 Å². The molecule has 0 radical (unpaired) electrons. The van der Waals surface area contributed by atoms with Gasteiger partial charge >= 0.3 is 5.97 Å². The first-order valence-electron chi connectivity index (χ1n) is 10.6. The van der Waals surface area contributed by atoms with E-state index in [0.29, 0.717) is 11.3 Å². The largest absolute Gasteiger partial charge is 0.496 e. The van der Waals surface area contributed by atoms with Gasteiger partial charge < -0.3 is 20.9 Å². The lowest BCUT2D eigenvalue weighted by molar-refractivity contribution is -0.136. The monoisotopic (exact) mass is 552 g/mol. The zero-order chi connectivity index (χ0) is 28.2. The molecular formula is C22H25F5N4O5S. The lowest BCUT2D eigenvalue weighted by Crippen LogP contribution is -2.43. The van der Waals surface area contributed by atoms with E-state index in [1.165, 1.54) is 27.0 Å². The first-order chi connectivity index (χ1) is 17.1. The third-order valence-corrected chi connectivity index (χ3v) is 7.13. The predicted octanol–water partition coefficient (Wildman–Crippen LogP) is 2.62. The van der Waals surface area contributed by atoms with Crippen LogP contribution in [-0.2, 0) is 14.8 Å². The van der Waals surface area contributed by atoms with Crippen molar-refractivity contribution in [2.24, 2.45) is 16.5 Å². The number of aliphatic imine (C=N–C) groups is 1. The molecule has 0 fully saturated rings. The van der Waals surface area contributed by atoms with E-state index >= 15 is 0 Å². The van der Waals surface area contributed by atoms with Gasteiger partial charge in [0.1, 0.15) is 11.8 Å². The van der Waals surface area contributed by atoms with Gasteiger partial charge in [0.15, 0.2) is 5.96 Å². The normalized spacial score (nSPS) is 12.2. The lowest BCUT2D eigenvalue weighted by atomic mass is 10.1. The number of methoxy groups -OCH3 is 1. The Hall–Kier alpha value is -3.46. The summed E-state index contributed by atoms with van der Waals surface area (Å²) in [6.45, 7) is 4.51. The van der Waals surface area contributed by atoms with Crippen molar-refractivity contribution in [3.05, 3.63) is 51.8 Å².